The van der Waals surface area contributed by atoms with Gasteiger partial charge >= 0.3 is 6.61 Å². The Morgan fingerprint density at radius 2 is 2.10 bits per heavy atom. The predicted octanol–water partition coefficient (Wildman–Crippen LogP) is 3.14. The topological polar surface area (TPSA) is 45.7 Å². The van der Waals surface area contributed by atoms with Crippen molar-refractivity contribution in [3.05, 3.63) is 29.8 Å². The van der Waals surface area contributed by atoms with Crippen molar-refractivity contribution in [2.45, 2.75) is 39.3 Å². The lowest BCUT2D eigenvalue weighted by Crippen LogP contribution is -2.37. The summed E-state index contributed by atoms with van der Waals surface area (Å²) in [4.78, 5) is 4.11. The van der Waals surface area contributed by atoms with Gasteiger partial charge in [0.25, 0.3) is 0 Å². The van der Waals surface area contributed by atoms with Crippen molar-refractivity contribution in [1.82, 2.24) is 10.6 Å². The third-order valence-electron chi connectivity index (χ3n) is 2.88. The highest BCUT2D eigenvalue weighted by Crippen LogP contribution is 2.15. The molecule has 1 aromatic rings. The van der Waals surface area contributed by atoms with E-state index in [1.807, 2.05) is 6.07 Å². The zero-order chi connectivity index (χ0) is 15.5. The van der Waals surface area contributed by atoms with Crippen LogP contribution >= 0.6 is 0 Å². The van der Waals surface area contributed by atoms with Gasteiger partial charge < -0.3 is 15.4 Å². The molecule has 0 amide bonds. The van der Waals surface area contributed by atoms with Gasteiger partial charge in [-0.15, -0.1) is 0 Å². The molecule has 0 aliphatic heterocycles. The summed E-state index contributed by atoms with van der Waals surface area (Å²) in [5, 5.41) is 6.35. The Morgan fingerprint density at radius 3 is 2.76 bits per heavy atom. The average Bonchev–Trinajstić information content (AvgIpc) is 2.46. The molecule has 0 heterocycles. The van der Waals surface area contributed by atoms with Crippen LogP contribution in [0.15, 0.2) is 29.3 Å². The highest BCUT2D eigenvalue weighted by atomic mass is 19.3. The Bertz CT molecular complexity index is 439. The number of nitrogens with one attached hydrogen (secondary N) is 2. The first kappa shape index (κ1) is 17.2. The molecule has 1 rings (SSSR count). The molecule has 0 saturated carbocycles. The summed E-state index contributed by atoms with van der Waals surface area (Å²) in [6.45, 7) is 0.707. The summed E-state index contributed by atoms with van der Waals surface area (Å²) >= 11 is 0. The minimum Gasteiger partial charge on any atom is -0.435 e. The van der Waals surface area contributed by atoms with E-state index in [-0.39, 0.29) is 5.75 Å². The van der Waals surface area contributed by atoms with Gasteiger partial charge in [0.05, 0.1) is 0 Å². The number of hydrogen-bond donors (Lipinski definition) is 2. The number of aliphatic imine (C=N–C) groups is 1. The molecule has 0 aliphatic rings. The van der Waals surface area contributed by atoms with Crippen molar-refractivity contribution < 1.29 is 13.5 Å². The maximum absolute atomic E-state index is 12.2. The molecule has 0 aromatic heterocycles. The van der Waals surface area contributed by atoms with E-state index in [0.717, 1.165) is 18.5 Å². The van der Waals surface area contributed by atoms with E-state index in [4.69, 9.17) is 0 Å². The van der Waals surface area contributed by atoms with Gasteiger partial charge in [-0.2, -0.15) is 8.78 Å². The number of guanidine groups is 1. The van der Waals surface area contributed by atoms with Crippen LogP contribution in [0.2, 0.25) is 0 Å². The molecule has 0 aliphatic carbocycles. The van der Waals surface area contributed by atoms with Gasteiger partial charge in [-0.1, -0.05) is 31.9 Å². The molecular weight excluding hydrogens is 276 g/mol. The van der Waals surface area contributed by atoms with E-state index >= 15 is 0 Å². The Hall–Kier alpha value is -1.85. The van der Waals surface area contributed by atoms with Gasteiger partial charge in [0.1, 0.15) is 5.75 Å². The molecule has 0 atom stereocenters. The van der Waals surface area contributed by atoms with Crippen molar-refractivity contribution in [3.8, 4) is 5.75 Å². The van der Waals surface area contributed by atoms with Gasteiger partial charge in [-0.05, 0) is 24.1 Å². The SMILES string of the molecule is CCCCCNC(=NC)NCc1cccc(OC(F)F)c1. The molecule has 2 N–H and O–H groups in total. The van der Waals surface area contributed by atoms with Crippen LogP contribution in [0.4, 0.5) is 8.78 Å². The van der Waals surface area contributed by atoms with Crippen molar-refractivity contribution in [2.24, 2.45) is 4.99 Å². The van der Waals surface area contributed by atoms with E-state index in [1.54, 1.807) is 19.2 Å². The van der Waals surface area contributed by atoms with Gasteiger partial charge in [-0.25, -0.2) is 0 Å². The second kappa shape index (κ2) is 9.96. The van der Waals surface area contributed by atoms with E-state index in [2.05, 4.69) is 27.3 Å². The number of hydrogen-bond acceptors (Lipinski definition) is 2. The maximum atomic E-state index is 12.2. The number of unbranched alkanes of at least 4 members (excludes halogenated alkanes) is 2. The molecule has 0 unspecified atom stereocenters. The van der Waals surface area contributed by atoms with Crippen LogP contribution in [0, 0.1) is 0 Å². The van der Waals surface area contributed by atoms with Crippen molar-refractivity contribution in [1.29, 1.82) is 0 Å². The van der Waals surface area contributed by atoms with Crippen LogP contribution in [0.3, 0.4) is 0 Å². The molecule has 21 heavy (non-hydrogen) atoms. The summed E-state index contributed by atoms with van der Waals surface area (Å²) in [7, 11) is 1.70. The lowest BCUT2D eigenvalue weighted by molar-refractivity contribution is -0.0498. The summed E-state index contributed by atoms with van der Waals surface area (Å²) in [5.41, 5.74) is 0.852. The molecule has 118 valence electrons. The number of halogens is 2. The summed E-state index contributed by atoms with van der Waals surface area (Å²) in [5.74, 6) is 0.862. The summed E-state index contributed by atoms with van der Waals surface area (Å²) in [6.07, 6.45) is 3.44. The van der Waals surface area contributed by atoms with Gasteiger partial charge in [0.2, 0.25) is 0 Å². The largest absolute Gasteiger partial charge is 0.435 e. The molecule has 0 bridgehead atoms. The minimum absolute atomic E-state index is 0.162. The zero-order valence-electron chi connectivity index (χ0n) is 12.5. The quantitative estimate of drug-likeness (QED) is 0.440. The Balaban J connectivity index is 2.42. The van der Waals surface area contributed by atoms with Crippen LogP contribution in [-0.4, -0.2) is 26.2 Å². The monoisotopic (exact) mass is 299 g/mol. The van der Waals surface area contributed by atoms with Gasteiger partial charge in [0, 0.05) is 20.1 Å². The van der Waals surface area contributed by atoms with E-state index in [0.29, 0.717) is 12.5 Å². The first-order valence-electron chi connectivity index (χ1n) is 7.14. The van der Waals surface area contributed by atoms with Crippen LogP contribution < -0.4 is 15.4 Å². The Kier molecular flexibility index (Phi) is 8.16. The fourth-order valence-electron chi connectivity index (χ4n) is 1.82. The fourth-order valence-corrected chi connectivity index (χ4v) is 1.82. The van der Waals surface area contributed by atoms with Gasteiger partial charge in [-0.3, -0.25) is 4.99 Å². The molecule has 4 nitrogen and oxygen atoms in total. The third-order valence-corrected chi connectivity index (χ3v) is 2.88. The van der Waals surface area contributed by atoms with E-state index in [9.17, 15) is 8.78 Å². The summed E-state index contributed by atoms with van der Waals surface area (Å²) in [6, 6.07) is 6.62. The second-order valence-corrected chi connectivity index (χ2v) is 4.59. The highest BCUT2D eigenvalue weighted by Gasteiger charge is 2.05. The second-order valence-electron chi connectivity index (χ2n) is 4.59. The molecule has 0 fully saturated rings. The Labute approximate surface area is 124 Å². The molecule has 6 heteroatoms. The molecule has 1 aromatic carbocycles. The fraction of sp³-hybridized carbons (Fsp3) is 0.533. The lowest BCUT2D eigenvalue weighted by Gasteiger charge is -2.12. The van der Waals surface area contributed by atoms with Crippen LogP contribution in [0.25, 0.3) is 0 Å². The van der Waals surface area contributed by atoms with Crippen LogP contribution in [0.1, 0.15) is 31.7 Å². The summed E-state index contributed by atoms with van der Waals surface area (Å²) < 4.78 is 28.7. The highest BCUT2D eigenvalue weighted by molar-refractivity contribution is 5.79. The number of rotatable bonds is 8. The standard InChI is InChI=1S/C15H23F2N3O/c1-3-4-5-9-19-15(18-2)20-11-12-7-6-8-13(10-12)21-14(16)17/h6-8,10,14H,3-5,9,11H2,1-2H3,(H2,18,19,20). The number of benzene rings is 1. The zero-order valence-corrected chi connectivity index (χ0v) is 12.5. The molecule has 0 saturated heterocycles. The van der Waals surface area contributed by atoms with Crippen molar-refractivity contribution in [2.75, 3.05) is 13.6 Å². The average molecular weight is 299 g/mol. The number of nitrogens with zero attached hydrogens (tertiary/aromatic N) is 1. The Morgan fingerprint density at radius 1 is 1.29 bits per heavy atom. The minimum atomic E-state index is -2.80. The number of ether oxygens (including phenoxy) is 1. The van der Waals surface area contributed by atoms with E-state index < -0.39 is 6.61 Å². The van der Waals surface area contributed by atoms with Gasteiger partial charge in [0.15, 0.2) is 5.96 Å². The third kappa shape index (κ3) is 7.48. The lowest BCUT2D eigenvalue weighted by atomic mass is 10.2. The van der Waals surface area contributed by atoms with Crippen LogP contribution in [-0.2, 0) is 6.54 Å². The first-order valence-corrected chi connectivity index (χ1v) is 7.14. The first-order chi connectivity index (χ1) is 10.2. The van der Waals surface area contributed by atoms with Crippen molar-refractivity contribution in [3.63, 3.8) is 0 Å². The van der Waals surface area contributed by atoms with Crippen LogP contribution in [0.5, 0.6) is 5.75 Å². The molecule has 0 spiro atoms. The van der Waals surface area contributed by atoms with Crippen molar-refractivity contribution >= 4 is 5.96 Å². The number of alkyl halides is 2. The van der Waals surface area contributed by atoms with E-state index in [1.165, 1.54) is 18.9 Å². The molecule has 0 radical (unpaired) electrons. The maximum Gasteiger partial charge on any atom is 0.387 e. The molecular formula is C15H23F2N3O. The normalized spacial score (nSPS) is 11.6. The smallest absolute Gasteiger partial charge is 0.387 e. The predicted molar refractivity (Wildman–Crippen MR) is 80.8 cm³/mol.